The van der Waals surface area contributed by atoms with E-state index in [9.17, 15) is 5.11 Å². The summed E-state index contributed by atoms with van der Waals surface area (Å²) < 4.78 is 0. The largest absolute Gasteiger partial charge is 0.507 e. The third-order valence-corrected chi connectivity index (χ3v) is 2.67. The fourth-order valence-corrected chi connectivity index (χ4v) is 1.74. The van der Waals surface area contributed by atoms with Crippen LogP contribution in [0.2, 0.25) is 0 Å². The monoisotopic (exact) mass is 186 g/mol. The first-order chi connectivity index (χ1) is 6.84. The lowest BCUT2D eigenvalue weighted by Crippen LogP contribution is -1.85. The van der Waals surface area contributed by atoms with Crippen molar-refractivity contribution in [3.05, 3.63) is 30.2 Å². The molecule has 0 unspecified atom stereocenters. The highest BCUT2D eigenvalue weighted by Gasteiger charge is 2.24. The van der Waals surface area contributed by atoms with Crippen LogP contribution in [0.3, 0.4) is 0 Å². The van der Waals surface area contributed by atoms with Gasteiger partial charge in [-0.25, -0.2) is 9.97 Å². The van der Waals surface area contributed by atoms with Gasteiger partial charge in [0.25, 0.3) is 0 Å². The number of benzene rings is 1. The number of aromatic hydroxyl groups is 1. The van der Waals surface area contributed by atoms with Gasteiger partial charge in [-0.1, -0.05) is 0 Å². The van der Waals surface area contributed by atoms with Crippen LogP contribution < -0.4 is 0 Å². The number of aromatic nitrogens is 2. The molecule has 1 saturated carbocycles. The minimum atomic E-state index is 0.296. The van der Waals surface area contributed by atoms with Crippen molar-refractivity contribution in [2.24, 2.45) is 0 Å². The van der Waals surface area contributed by atoms with Crippen LogP contribution >= 0.6 is 0 Å². The Bertz CT molecular complexity index is 492. The molecular weight excluding hydrogens is 176 g/mol. The van der Waals surface area contributed by atoms with Gasteiger partial charge in [0.1, 0.15) is 12.1 Å². The van der Waals surface area contributed by atoms with Gasteiger partial charge in [0.2, 0.25) is 0 Å². The molecule has 1 heterocycles. The van der Waals surface area contributed by atoms with Crippen molar-refractivity contribution in [3.63, 3.8) is 0 Å². The van der Waals surface area contributed by atoms with E-state index in [4.69, 9.17) is 0 Å². The SMILES string of the molecule is Oc1cc(C2CC2)cc2ncncc12. The van der Waals surface area contributed by atoms with Crippen LogP contribution in [0, 0.1) is 0 Å². The lowest BCUT2D eigenvalue weighted by atomic mass is 10.1. The molecule has 1 aliphatic rings. The van der Waals surface area contributed by atoms with Gasteiger partial charge in [-0.05, 0) is 36.5 Å². The summed E-state index contributed by atoms with van der Waals surface area (Å²) in [4.78, 5) is 8.03. The Kier molecular flexibility index (Phi) is 1.48. The van der Waals surface area contributed by atoms with E-state index in [1.54, 1.807) is 6.20 Å². The van der Waals surface area contributed by atoms with Crippen molar-refractivity contribution in [1.82, 2.24) is 9.97 Å². The van der Waals surface area contributed by atoms with Gasteiger partial charge >= 0.3 is 0 Å². The predicted molar refractivity (Wildman–Crippen MR) is 53.2 cm³/mol. The third-order valence-electron chi connectivity index (χ3n) is 2.67. The molecule has 0 radical (unpaired) electrons. The molecule has 0 bridgehead atoms. The van der Waals surface area contributed by atoms with E-state index in [1.807, 2.05) is 6.07 Å². The summed E-state index contributed by atoms with van der Waals surface area (Å²) in [5.74, 6) is 0.935. The molecule has 1 aliphatic carbocycles. The van der Waals surface area contributed by atoms with Crippen LogP contribution in [0.4, 0.5) is 0 Å². The minimum absolute atomic E-state index is 0.296. The van der Waals surface area contributed by atoms with E-state index in [0.717, 1.165) is 10.9 Å². The second-order valence-corrected chi connectivity index (χ2v) is 3.77. The van der Waals surface area contributed by atoms with Crippen LogP contribution in [-0.4, -0.2) is 15.1 Å². The summed E-state index contributed by atoms with van der Waals surface area (Å²) in [5.41, 5.74) is 2.04. The molecule has 1 aromatic heterocycles. The highest BCUT2D eigenvalue weighted by Crippen LogP contribution is 2.42. The zero-order valence-electron chi connectivity index (χ0n) is 7.64. The highest BCUT2D eigenvalue weighted by atomic mass is 16.3. The summed E-state index contributed by atoms with van der Waals surface area (Å²) in [6.45, 7) is 0. The van der Waals surface area contributed by atoms with Crippen molar-refractivity contribution < 1.29 is 5.11 Å². The van der Waals surface area contributed by atoms with E-state index in [1.165, 1.54) is 24.7 Å². The van der Waals surface area contributed by atoms with E-state index in [2.05, 4.69) is 16.0 Å². The van der Waals surface area contributed by atoms with Crippen LogP contribution in [0.15, 0.2) is 24.7 Å². The van der Waals surface area contributed by atoms with Crippen molar-refractivity contribution in [2.45, 2.75) is 18.8 Å². The molecule has 0 amide bonds. The van der Waals surface area contributed by atoms with Gasteiger partial charge < -0.3 is 5.11 Å². The van der Waals surface area contributed by atoms with Gasteiger partial charge in [0, 0.05) is 6.20 Å². The minimum Gasteiger partial charge on any atom is -0.507 e. The fraction of sp³-hybridized carbons (Fsp3) is 0.273. The van der Waals surface area contributed by atoms with Crippen molar-refractivity contribution in [3.8, 4) is 5.75 Å². The Morgan fingerprint density at radius 2 is 2.14 bits per heavy atom. The summed E-state index contributed by atoms with van der Waals surface area (Å²) in [7, 11) is 0. The first kappa shape index (κ1) is 7.74. The standard InChI is InChI=1S/C11H10N2O/c14-11-4-8(7-1-2-7)3-10-9(11)5-12-6-13-10/h3-7,14H,1-2H2. The summed E-state index contributed by atoms with van der Waals surface area (Å²) in [6, 6.07) is 3.89. The molecule has 3 heteroatoms. The third kappa shape index (κ3) is 1.13. The Morgan fingerprint density at radius 1 is 1.29 bits per heavy atom. The molecule has 2 aromatic rings. The second-order valence-electron chi connectivity index (χ2n) is 3.77. The number of nitrogens with zero attached hydrogens (tertiary/aromatic N) is 2. The van der Waals surface area contributed by atoms with Crippen LogP contribution in [0.1, 0.15) is 24.3 Å². The molecule has 1 fully saturated rings. The maximum Gasteiger partial charge on any atom is 0.126 e. The molecule has 0 atom stereocenters. The number of fused-ring (bicyclic) bond motifs is 1. The Hall–Kier alpha value is -1.64. The topological polar surface area (TPSA) is 46.0 Å². The highest BCUT2D eigenvalue weighted by molar-refractivity contribution is 5.84. The predicted octanol–water partition coefficient (Wildman–Crippen LogP) is 2.21. The van der Waals surface area contributed by atoms with Crippen LogP contribution in [0.25, 0.3) is 10.9 Å². The lowest BCUT2D eigenvalue weighted by Gasteiger charge is -2.03. The molecule has 3 nitrogen and oxygen atoms in total. The van der Waals surface area contributed by atoms with Gasteiger partial charge in [-0.3, -0.25) is 0 Å². The zero-order valence-corrected chi connectivity index (χ0v) is 7.64. The van der Waals surface area contributed by atoms with Crippen molar-refractivity contribution in [2.75, 3.05) is 0 Å². The number of phenols is 1. The van der Waals surface area contributed by atoms with Gasteiger partial charge in [0.05, 0.1) is 10.9 Å². The van der Waals surface area contributed by atoms with E-state index >= 15 is 0 Å². The smallest absolute Gasteiger partial charge is 0.126 e. The van der Waals surface area contributed by atoms with E-state index in [-0.39, 0.29) is 0 Å². The summed E-state index contributed by atoms with van der Waals surface area (Å²) in [5, 5.41) is 10.5. The molecule has 0 aliphatic heterocycles. The zero-order chi connectivity index (χ0) is 9.54. The average molecular weight is 186 g/mol. The first-order valence-electron chi connectivity index (χ1n) is 4.77. The lowest BCUT2D eigenvalue weighted by molar-refractivity contribution is 0.480. The quantitative estimate of drug-likeness (QED) is 0.742. The maximum absolute atomic E-state index is 9.75. The van der Waals surface area contributed by atoms with Gasteiger partial charge in [0.15, 0.2) is 0 Å². The summed E-state index contributed by atoms with van der Waals surface area (Å²) >= 11 is 0. The molecule has 1 N–H and O–H groups in total. The van der Waals surface area contributed by atoms with E-state index in [0.29, 0.717) is 11.7 Å². The Morgan fingerprint density at radius 3 is 2.93 bits per heavy atom. The normalized spacial score (nSPS) is 16.0. The number of hydrogen-bond acceptors (Lipinski definition) is 3. The molecule has 70 valence electrons. The molecule has 3 rings (SSSR count). The van der Waals surface area contributed by atoms with Crippen LogP contribution in [-0.2, 0) is 0 Å². The Balaban J connectivity index is 2.27. The van der Waals surface area contributed by atoms with Crippen LogP contribution in [0.5, 0.6) is 5.75 Å². The number of hydrogen-bond donors (Lipinski definition) is 1. The summed E-state index contributed by atoms with van der Waals surface area (Å²) in [6.07, 6.45) is 5.62. The average Bonchev–Trinajstić information content (AvgIpc) is 3.01. The van der Waals surface area contributed by atoms with Crippen molar-refractivity contribution >= 4 is 10.9 Å². The number of phenolic OH excluding ortho intramolecular Hbond substituents is 1. The Labute approximate surface area is 81.4 Å². The van der Waals surface area contributed by atoms with E-state index < -0.39 is 0 Å². The molecule has 0 saturated heterocycles. The van der Waals surface area contributed by atoms with Crippen molar-refractivity contribution in [1.29, 1.82) is 0 Å². The first-order valence-corrected chi connectivity index (χ1v) is 4.77. The molecule has 0 spiro atoms. The molecular formula is C11H10N2O. The maximum atomic E-state index is 9.75. The fourth-order valence-electron chi connectivity index (χ4n) is 1.74. The molecule has 1 aromatic carbocycles. The van der Waals surface area contributed by atoms with Gasteiger partial charge in [-0.2, -0.15) is 0 Å². The van der Waals surface area contributed by atoms with Gasteiger partial charge in [-0.15, -0.1) is 0 Å². The molecule has 14 heavy (non-hydrogen) atoms. The second kappa shape index (κ2) is 2.67. The number of rotatable bonds is 1.